The van der Waals surface area contributed by atoms with E-state index in [-0.39, 0.29) is 11.7 Å². The summed E-state index contributed by atoms with van der Waals surface area (Å²) in [6.07, 6.45) is 0.702. The lowest BCUT2D eigenvalue weighted by atomic mass is 10.00. The van der Waals surface area contributed by atoms with Crippen LogP contribution in [0.25, 0.3) is 10.8 Å². The summed E-state index contributed by atoms with van der Waals surface area (Å²) in [6.45, 7) is 3.75. The normalized spacial score (nSPS) is 17.4. The van der Waals surface area contributed by atoms with E-state index in [1.807, 2.05) is 56.3 Å². The SMILES string of the molecule is CN1C(=O)N(c2cccc3ccccc23)[C@@H](NC(=O)N/N=C\c2ccc([N+](=O)[O-])cc2)C1(C)C. The van der Waals surface area contributed by atoms with Crippen molar-refractivity contribution in [3.05, 3.63) is 82.4 Å². The highest BCUT2D eigenvalue weighted by molar-refractivity contribution is 6.05. The van der Waals surface area contributed by atoms with Crippen molar-refractivity contribution in [1.82, 2.24) is 15.6 Å². The standard InChI is InChI=1S/C24H24N6O4/c1-24(2)21(26-22(31)27-25-15-16-11-13-18(14-12-16)30(33)34)29(23(32)28(24)3)20-10-6-8-17-7-4-5-9-19(17)20/h4-15,21H,1-3H3,(H2,26,27,31)/b25-15-/t21-/m1/s1. The second-order valence-electron chi connectivity index (χ2n) is 8.46. The van der Waals surface area contributed by atoms with Gasteiger partial charge >= 0.3 is 12.1 Å². The minimum absolute atomic E-state index is 0.0337. The van der Waals surface area contributed by atoms with Gasteiger partial charge in [-0.2, -0.15) is 5.10 Å². The molecule has 34 heavy (non-hydrogen) atoms. The number of hydrogen-bond donors (Lipinski definition) is 2. The third-order valence-corrected chi connectivity index (χ3v) is 6.06. The molecule has 3 aromatic carbocycles. The summed E-state index contributed by atoms with van der Waals surface area (Å²) >= 11 is 0. The number of benzene rings is 3. The van der Waals surface area contributed by atoms with E-state index in [1.54, 1.807) is 16.8 Å². The van der Waals surface area contributed by atoms with Crippen molar-refractivity contribution in [1.29, 1.82) is 0 Å². The maximum absolute atomic E-state index is 13.2. The van der Waals surface area contributed by atoms with Crippen molar-refractivity contribution >= 4 is 40.4 Å². The molecule has 1 heterocycles. The molecule has 0 saturated carbocycles. The quantitative estimate of drug-likeness (QED) is 0.339. The Morgan fingerprint density at radius 2 is 1.76 bits per heavy atom. The van der Waals surface area contributed by atoms with Crippen LogP contribution in [0, 0.1) is 10.1 Å². The number of nitrogens with one attached hydrogen (secondary N) is 2. The summed E-state index contributed by atoms with van der Waals surface area (Å²) in [5.41, 5.74) is 2.93. The van der Waals surface area contributed by atoms with Crippen LogP contribution in [0.15, 0.2) is 71.8 Å². The largest absolute Gasteiger partial charge is 0.336 e. The van der Waals surface area contributed by atoms with Crippen LogP contribution in [0.2, 0.25) is 0 Å². The first-order valence-corrected chi connectivity index (χ1v) is 10.6. The van der Waals surface area contributed by atoms with Crippen molar-refractivity contribution in [2.45, 2.75) is 25.6 Å². The number of anilines is 1. The van der Waals surface area contributed by atoms with Crippen molar-refractivity contribution in [2.75, 3.05) is 11.9 Å². The maximum Gasteiger partial charge on any atom is 0.336 e. The monoisotopic (exact) mass is 460 g/mol. The van der Waals surface area contributed by atoms with E-state index < -0.39 is 22.7 Å². The number of non-ortho nitro benzene ring substituents is 1. The molecule has 4 rings (SSSR count). The highest BCUT2D eigenvalue weighted by Gasteiger charge is 2.51. The molecule has 10 nitrogen and oxygen atoms in total. The van der Waals surface area contributed by atoms with Crippen molar-refractivity contribution in [2.24, 2.45) is 5.10 Å². The minimum atomic E-state index is -0.715. The summed E-state index contributed by atoms with van der Waals surface area (Å²) in [6, 6.07) is 18.4. The molecular weight excluding hydrogens is 436 g/mol. The van der Waals surface area contributed by atoms with E-state index in [0.717, 1.165) is 10.8 Å². The average molecular weight is 460 g/mol. The molecule has 1 fully saturated rings. The molecule has 0 bridgehead atoms. The molecule has 174 valence electrons. The molecule has 1 atom stereocenters. The number of carbonyl (C=O) groups excluding carboxylic acids is 2. The van der Waals surface area contributed by atoms with E-state index in [1.165, 1.54) is 30.5 Å². The lowest BCUT2D eigenvalue weighted by Gasteiger charge is -2.33. The predicted octanol–water partition coefficient (Wildman–Crippen LogP) is 4.06. The molecule has 1 aliphatic rings. The number of nitro benzene ring substituents is 1. The highest BCUT2D eigenvalue weighted by Crippen LogP contribution is 2.37. The van der Waals surface area contributed by atoms with Crippen LogP contribution >= 0.6 is 0 Å². The van der Waals surface area contributed by atoms with E-state index in [4.69, 9.17) is 0 Å². The van der Waals surface area contributed by atoms with E-state index >= 15 is 0 Å². The number of fused-ring (bicyclic) bond motifs is 1. The van der Waals surface area contributed by atoms with Gasteiger partial charge in [0, 0.05) is 24.6 Å². The van der Waals surface area contributed by atoms with Gasteiger partial charge in [0.25, 0.3) is 5.69 Å². The zero-order chi connectivity index (χ0) is 24.5. The second-order valence-corrected chi connectivity index (χ2v) is 8.46. The van der Waals surface area contributed by atoms with Gasteiger partial charge in [-0.3, -0.25) is 15.0 Å². The fourth-order valence-electron chi connectivity index (χ4n) is 3.92. The zero-order valence-electron chi connectivity index (χ0n) is 18.9. The number of likely N-dealkylation sites (N-methyl/N-ethyl adjacent to an activating group) is 1. The molecule has 4 amide bonds. The van der Waals surface area contributed by atoms with Crippen molar-refractivity contribution in [3.8, 4) is 0 Å². The summed E-state index contributed by atoms with van der Waals surface area (Å²) in [5.74, 6) is 0. The Morgan fingerprint density at radius 3 is 2.47 bits per heavy atom. The zero-order valence-corrected chi connectivity index (χ0v) is 18.9. The van der Waals surface area contributed by atoms with Gasteiger partial charge in [0.2, 0.25) is 0 Å². The van der Waals surface area contributed by atoms with Gasteiger partial charge in [-0.25, -0.2) is 15.0 Å². The van der Waals surface area contributed by atoms with Crippen LogP contribution in [0.5, 0.6) is 0 Å². The Bertz CT molecular complexity index is 1280. The lowest BCUT2D eigenvalue weighted by Crippen LogP contribution is -2.57. The van der Waals surface area contributed by atoms with Gasteiger partial charge in [0.15, 0.2) is 0 Å². The second kappa shape index (κ2) is 8.81. The third kappa shape index (κ3) is 4.13. The van der Waals surface area contributed by atoms with Crippen LogP contribution in [0.1, 0.15) is 19.4 Å². The van der Waals surface area contributed by atoms with Gasteiger partial charge < -0.3 is 10.2 Å². The molecular formula is C24H24N6O4. The summed E-state index contributed by atoms with van der Waals surface area (Å²) < 4.78 is 0. The molecule has 3 aromatic rings. The first kappa shape index (κ1) is 22.7. The molecule has 1 aliphatic heterocycles. The number of nitrogens with zero attached hydrogens (tertiary/aromatic N) is 4. The van der Waals surface area contributed by atoms with E-state index in [9.17, 15) is 19.7 Å². The first-order chi connectivity index (χ1) is 16.2. The summed E-state index contributed by atoms with van der Waals surface area (Å²) in [7, 11) is 1.70. The Labute approximate surface area is 196 Å². The summed E-state index contributed by atoms with van der Waals surface area (Å²) in [4.78, 5) is 39.4. The smallest absolute Gasteiger partial charge is 0.318 e. The number of amides is 4. The fourth-order valence-corrected chi connectivity index (χ4v) is 3.92. The first-order valence-electron chi connectivity index (χ1n) is 10.6. The molecule has 10 heteroatoms. The van der Waals surface area contributed by atoms with E-state index in [0.29, 0.717) is 11.3 Å². The van der Waals surface area contributed by atoms with Gasteiger partial charge in [0.05, 0.1) is 22.4 Å². The van der Waals surface area contributed by atoms with Gasteiger partial charge in [-0.15, -0.1) is 0 Å². The van der Waals surface area contributed by atoms with Crippen LogP contribution in [-0.4, -0.2) is 46.9 Å². The lowest BCUT2D eigenvalue weighted by molar-refractivity contribution is -0.384. The number of carbonyl (C=O) groups is 2. The topological polar surface area (TPSA) is 120 Å². The number of hydrazone groups is 1. The fraction of sp³-hybridized carbons (Fsp3) is 0.208. The van der Waals surface area contributed by atoms with Crippen molar-refractivity contribution < 1.29 is 14.5 Å². The van der Waals surface area contributed by atoms with Gasteiger partial charge in [0.1, 0.15) is 6.17 Å². The average Bonchev–Trinajstić information content (AvgIpc) is 2.98. The molecule has 0 aliphatic carbocycles. The molecule has 0 spiro atoms. The maximum atomic E-state index is 13.2. The van der Waals surface area contributed by atoms with Crippen LogP contribution in [0.3, 0.4) is 0 Å². The minimum Gasteiger partial charge on any atom is -0.318 e. The Morgan fingerprint density at radius 1 is 1.09 bits per heavy atom. The number of urea groups is 2. The third-order valence-electron chi connectivity index (χ3n) is 6.06. The number of nitro groups is 1. The molecule has 0 radical (unpaired) electrons. The van der Waals surface area contributed by atoms with E-state index in [2.05, 4.69) is 15.8 Å². The molecule has 0 unspecified atom stereocenters. The molecule has 2 N–H and O–H groups in total. The number of rotatable bonds is 5. The van der Waals surface area contributed by atoms with Crippen LogP contribution < -0.4 is 15.6 Å². The molecule has 1 saturated heterocycles. The Hall–Kier alpha value is -4.47. The number of hydrogen-bond acceptors (Lipinski definition) is 5. The summed E-state index contributed by atoms with van der Waals surface area (Å²) in [5, 5.41) is 19.4. The molecule has 0 aromatic heterocycles. The Kier molecular flexibility index (Phi) is 5.89. The highest BCUT2D eigenvalue weighted by atomic mass is 16.6. The van der Waals surface area contributed by atoms with Crippen LogP contribution in [-0.2, 0) is 0 Å². The Balaban J connectivity index is 1.55. The van der Waals surface area contributed by atoms with Gasteiger partial charge in [-0.05, 0) is 43.0 Å². The predicted molar refractivity (Wildman–Crippen MR) is 130 cm³/mol. The van der Waals surface area contributed by atoms with Crippen LogP contribution in [0.4, 0.5) is 21.0 Å². The van der Waals surface area contributed by atoms with Crippen molar-refractivity contribution in [3.63, 3.8) is 0 Å². The van der Waals surface area contributed by atoms with Gasteiger partial charge in [-0.1, -0.05) is 36.4 Å².